The molecule has 120 valence electrons. The monoisotopic (exact) mass is 327 g/mol. The average molecular weight is 327 g/mol. The first-order valence-corrected chi connectivity index (χ1v) is 9.52. The van der Waals surface area contributed by atoms with E-state index in [1.54, 1.807) is 30.3 Å². The smallest absolute Gasteiger partial charge is 0.181 e. The van der Waals surface area contributed by atoms with E-state index >= 15 is 0 Å². The normalized spacial score (nSPS) is 15.7. The molecule has 2 aromatic carbocycles. The van der Waals surface area contributed by atoms with Crippen molar-refractivity contribution in [2.75, 3.05) is 18.8 Å². The van der Waals surface area contributed by atoms with Crippen LogP contribution in [0, 0.1) is 0 Å². The van der Waals surface area contributed by atoms with Crippen LogP contribution in [-0.2, 0) is 22.8 Å². The molecule has 0 unspecified atom stereocenters. The molecule has 0 aliphatic carbocycles. The maximum atomic E-state index is 12.2. The number of benzene rings is 2. The van der Waals surface area contributed by atoms with Gasteiger partial charge in [0, 0.05) is 19.6 Å². The molecule has 23 heavy (non-hydrogen) atoms. The van der Waals surface area contributed by atoms with Gasteiger partial charge in [-0.15, -0.1) is 0 Å². The summed E-state index contributed by atoms with van der Waals surface area (Å²) in [5.74, 6) is 0.0570. The molecule has 0 atom stereocenters. The van der Waals surface area contributed by atoms with Crippen LogP contribution in [0.15, 0.2) is 71.6 Å². The standard InChI is InChI=1S/C19H21NO2S/c21-23(22,19-10-2-1-3-11-19)15-7-6-13-20-14-12-17-8-4-5-9-18(17)16-20/h1-11H,12-16H2/b7-6-. The Bertz CT molecular complexity index is 782. The van der Waals surface area contributed by atoms with E-state index in [1.165, 1.54) is 11.1 Å². The van der Waals surface area contributed by atoms with Crippen molar-refractivity contribution >= 4 is 9.84 Å². The van der Waals surface area contributed by atoms with Gasteiger partial charge in [-0.05, 0) is 29.7 Å². The molecule has 4 heteroatoms. The second kappa shape index (κ2) is 7.11. The predicted octanol–water partition coefficient (Wildman–Crippen LogP) is 3.07. The lowest BCUT2D eigenvalue weighted by Gasteiger charge is -2.27. The van der Waals surface area contributed by atoms with E-state index in [0.29, 0.717) is 4.90 Å². The summed E-state index contributed by atoms with van der Waals surface area (Å²) in [6, 6.07) is 17.1. The van der Waals surface area contributed by atoms with Crippen LogP contribution in [0.3, 0.4) is 0 Å². The molecule has 0 saturated carbocycles. The number of rotatable bonds is 5. The molecule has 0 fully saturated rings. The van der Waals surface area contributed by atoms with Crippen molar-refractivity contribution in [3.05, 3.63) is 77.9 Å². The van der Waals surface area contributed by atoms with Crippen molar-refractivity contribution in [1.29, 1.82) is 0 Å². The van der Waals surface area contributed by atoms with E-state index < -0.39 is 9.84 Å². The van der Waals surface area contributed by atoms with Crippen molar-refractivity contribution in [2.45, 2.75) is 17.9 Å². The van der Waals surface area contributed by atoms with Gasteiger partial charge >= 0.3 is 0 Å². The SMILES string of the molecule is O=S(=O)(C/C=C\CN1CCc2ccccc2C1)c1ccccc1. The molecule has 0 amide bonds. The second-order valence-corrected chi connectivity index (χ2v) is 7.85. The fraction of sp³-hybridized carbons (Fsp3) is 0.263. The number of nitrogens with zero attached hydrogens (tertiary/aromatic N) is 1. The molecular weight excluding hydrogens is 306 g/mol. The molecule has 0 saturated heterocycles. The highest BCUT2D eigenvalue weighted by molar-refractivity contribution is 7.91. The van der Waals surface area contributed by atoms with Crippen molar-refractivity contribution in [1.82, 2.24) is 4.90 Å². The number of sulfone groups is 1. The van der Waals surface area contributed by atoms with Gasteiger partial charge in [-0.25, -0.2) is 8.42 Å². The summed E-state index contributed by atoms with van der Waals surface area (Å²) >= 11 is 0. The first kappa shape index (κ1) is 16.0. The largest absolute Gasteiger partial charge is 0.295 e. The fourth-order valence-corrected chi connectivity index (χ4v) is 4.01. The number of hydrogen-bond donors (Lipinski definition) is 0. The van der Waals surface area contributed by atoms with E-state index in [4.69, 9.17) is 0 Å². The van der Waals surface area contributed by atoms with Gasteiger partial charge in [0.25, 0.3) is 0 Å². The molecule has 1 aliphatic heterocycles. The lowest BCUT2D eigenvalue weighted by Crippen LogP contribution is -2.30. The summed E-state index contributed by atoms with van der Waals surface area (Å²) in [5, 5.41) is 0. The van der Waals surface area contributed by atoms with Gasteiger partial charge in [0.05, 0.1) is 10.6 Å². The van der Waals surface area contributed by atoms with E-state index in [2.05, 4.69) is 29.2 Å². The van der Waals surface area contributed by atoms with Crippen LogP contribution < -0.4 is 0 Å². The van der Waals surface area contributed by atoms with Crippen molar-refractivity contribution < 1.29 is 8.42 Å². The lowest BCUT2D eigenvalue weighted by atomic mass is 10.00. The minimum atomic E-state index is -3.22. The highest BCUT2D eigenvalue weighted by Crippen LogP contribution is 2.18. The topological polar surface area (TPSA) is 37.4 Å². The van der Waals surface area contributed by atoms with Crippen LogP contribution >= 0.6 is 0 Å². The number of fused-ring (bicyclic) bond motifs is 1. The molecule has 3 rings (SSSR count). The zero-order chi connectivity index (χ0) is 16.1. The van der Waals surface area contributed by atoms with Gasteiger partial charge in [-0.1, -0.05) is 54.6 Å². The van der Waals surface area contributed by atoms with Crippen molar-refractivity contribution in [3.8, 4) is 0 Å². The Morgan fingerprint density at radius 3 is 2.39 bits per heavy atom. The fourth-order valence-electron chi connectivity index (χ4n) is 2.85. The zero-order valence-electron chi connectivity index (χ0n) is 13.1. The summed E-state index contributed by atoms with van der Waals surface area (Å²) in [6.07, 6.45) is 4.80. The maximum absolute atomic E-state index is 12.2. The van der Waals surface area contributed by atoms with Gasteiger partial charge in [0.2, 0.25) is 0 Å². The van der Waals surface area contributed by atoms with Gasteiger partial charge in [0.1, 0.15) is 0 Å². The van der Waals surface area contributed by atoms with Gasteiger partial charge in [-0.2, -0.15) is 0 Å². The summed E-state index contributed by atoms with van der Waals surface area (Å²) in [5.41, 5.74) is 2.81. The van der Waals surface area contributed by atoms with Crippen LogP contribution in [0.25, 0.3) is 0 Å². The van der Waals surface area contributed by atoms with Crippen molar-refractivity contribution in [2.24, 2.45) is 0 Å². The maximum Gasteiger partial charge on any atom is 0.181 e. The van der Waals surface area contributed by atoms with Gasteiger partial charge < -0.3 is 0 Å². The molecule has 0 N–H and O–H groups in total. The Hall–Kier alpha value is -1.91. The average Bonchev–Trinajstić information content (AvgIpc) is 2.59. The summed E-state index contributed by atoms with van der Waals surface area (Å²) < 4.78 is 24.4. The van der Waals surface area contributed by atoms with E-state index in [0.717, 1.165) is 26.1 Å². The van der Waals surface area contributed by atoms with Crippen LogP contribution in [-0.4, -0.2) is 32.2 Å². The first-order valence-electron chi connectivity index (χ1n) is 7.87. The third kappa shape index (κ3) is 4.09. The van der Waals surface area contributed by atoms with Crippen LogP contribution in [0.5, 0.6) is 0 Å². The second-order valence-electron chi connectivity index (χ2n) is 5.82. The van der Waals surface area contributed by atoms with Crippen molar-refractivity contribution in [3.63, 3.8) is 0 Å². The van der Waals surface area contributed by atoms with E-state index in [1.807, 2.05) is 12.1 Å². The Balaban J connectivity index is 1.54. The Kier molecular flexibility index (Phi) is 4.94. The highest BCUT2D eigenvalue weighted by Gasteiger charge is 2.14. The molecule has 0 bridgehead atoms. The molecule has 0 aromatic heterocycles. The zero-order valence-corrected chi connectivity index (χ0v) is 13.9. The Morgan fingerprint density at radius 1 is 0.913 bits per heavy atom. The Morgan fingerprint density at radius 2 is 1.61 bits per heavy atom. The minimum absolute atomic E-state index is 0.0570. The lowest BCUT2D eigenvalue weighted by molar-refractivity contribution is 0.282. The van der Waals surface area contributed by atoms with Crippen LogP contribution in [0.2, 0.25) is 0 Å². The molecular formula is C19H21NO2S. The summed E-state index contributed by atoms with van der Waals surface area (Å²) in [4.78, 5) is 2.73. The highest BCUT2D eigenvalue weighted by atomic mass is 32.2. The van der Waals surface area contributed by atoms with E-state index in [9.17, 15) is 8.42 Å². The third-order valence-electron chi connectivity index (χ3n) is 4.16. The van der Waals surface area contributed by atoms with Crippen LogP contribution in [0.4, 0.5) is 0 Å². The third-order valence-corrected chi connectivity index (χ3v) is 5.78. The molecule has 0 radical (unpaired) electrons. The minimum Gasteiger partial charge on any atom is -0.295 e. The van der Waals surface area contributed by atoms with Crippen LogP contribution in [0.1, 0.15) is 11.1 Å². The van der Waals surface area contributed by atoms with Gasteiger partial charge in [-0.3, -0.25) is 4.90 Å². The number of hydrogen-bond acceptors (Lipinski definition) is 3. The molecule has 0 spiro atoms. The molecule has 3 nitrogen and oxygen atoms in total. The molecule has 1 heterocycles. The first-order chi connectivity index (χ1) is 11.1. The quantitative estimate of drug-likeness (QED) is 0.792. The predicted molar refractivity (Wildman–Crippen MR) is 93.1 cm³/mol. The molecule has 1 aliphatic rings. The Labute approximate surface area is 138 Å². The van der Waals surface area contributed by atoms with Gasteiger partial charge in [0.15, 0.2) is 9.84 Å². The summed E-state index contributed by atoms with van der Waals surface area (Å²) in [6.45, 7) is 2.75. The van der Waals surface area contributed by atoms with E-state index in [-0.39, 0.29) is 5.75 Å². The summed E-state index contributed by atoms with van der Waals surface area (Å²) in [7, 11) is -3.22. The molecule has 2 aromatic rings.